The topological polar surface area (TPSA) is 60.2 Å². The Balaban J connectivity index is 1.71. The van der Waals surface area contributed by atoms with Crippen LogP contribution in [0.4, 0.5) is 5.13 Å². The van der Waals surface area contributed by atoms with Gasteiger partial charge in [-0.2, -0.15) is 0 Å². The van der Waals surface area contributed by atoms with Gasteiger partial charge in [0, 0.05) is 35.5 Å². The zero-order valence-corrected chi connectivity index (χ0v) is 19.3. The third-order valence-corrected chi connectivity index (χ3v) is 6.34. The van der Waals surface area contributed by atoms with Crippen molar-refractivity contribution in [2.24, 2.45) is 0 Å². The highest BCUT2D eigenvalue weighted by molar-refractivity contribution is 7.22. The molecule has 0 aliphatic heterocycles. The Labute approximate surface area is 194 Å². The molecule has 0 aliphatic rings. The number of nitrogens with zero attached hydrogens (tertiary/aromatic N) is 4. The number of benzene rings is 2. The summed E-state index contributed by atoms with van der Waals surface area (Å²) in [5, 5.41) is 1.72. The molecule has 160 valence electrons. The van der Waals surface area contributed by atoms with E-state index >= 15 is 0 Å². The van der Waals surface area contributed by atoms with Crippen LogP contribution >= 0.6 is 34.5 Å². The Morgan fingerprint density at radius 3 is 2.81 bits per heavy atom. The normalized spacial score (nSPS) is 11.1. The molecular formula is C22H20Cl2N4O2S. The predicted octanol–water partition coefficient (Wildman–Crippen LogP) is 5.85. The van der Waals surface area contributed by atoms with Gasteiger partial charge in [-0.05, 0) is 49.2 Å². The van der Waals surface area contributed by atoms with Gasteiger partial charge in [-0.3, -0.25) is 9.69 Å². The van der Waals surface area contributed by atoms with Crippen molar-refractivity contribution in [1.29, 1.82) is 0 Å². The Morgan fingerprint density at radius 2 is 2.06 bits per heavy atom. The summed E-state index contributed by atoms with van der Waals surface area (Å²) in [4.78, 5) is 24.1. The summed E-state index contributed by atoms with van der Waals surface area (Å²) in [6, 6.07) is 8.77. The van der Waals surface area contributed by atoms with Crippen LogP contribution in [0.15, 0.2) is 49.1 Å². The molecule has 0 N–H and O–H groups in total. The van der Waals surface area contributed by atoms with E-state index < -0.39 is 0 Å². The van der Waals surface area contributed by atoms with Crippen LogP contribution < -0.4 is 9.64 Å². The summed E-state index contributed by atoms with van der Waals surface area (Å²) in [6.45, 7) is 3.16. The molecule has 0 saturated heterocycles. The molecule has 0 aliphatic carbocycles. The molecule has 0 spiro atoms. The van der Waals surface area contributed by atoms with Crippen molar-refractivity contribution in [3.8, 4) is 5.75 Å². The molecule has 0 radical (unpaired) electrons. The average molecular weight is 475 g/mol. The number of thiazole rings is 1. The number of amides is 1. The van der Waals surface area contributed by atoms with Crippen LogP contribution in [-0.2, 0) is 6.54 Å². The van der Waals surface area contributed by atoms with Gasteiger partial charge in [-0.1, -0.05) is 34.5 Å². The first-order valence-corrected chi connectivity index (χ1v) is 11.2. The van der Waals surface area contributed by atoms with Crippen molar-refractivity contribution >= 4 is 55.8 Å². The highest BCUT2D eigenvalue weighted by Crippen LogP contribution is 2.35. The summed E-state index contributed by atoms with van der Waals surface area (Å²) in [5.74, 6) is 0.252. The van der Waals surface area contributed by atoms with E-state index in [1.165, 1.54) is 18.4 Å². The van der Waals surface area contributed by atoms with E-state index in [9.17, 15) is 4.79 Å². The van der Waals surface area contributed by atoms with E-state index in [2.05, 4.69) is 4.98 Å². The molecule has 2 heterocycles. The summed E-state index contributed by atoms with van der Waals surface area (Å²) in [7, 11) is 1.53. The fourth-order valence-electron chi connectivity index (χ4n) is 3.37. The van der Waals surface area contributed by atoms with Crippen LogP contribution in [0, 0.1) is 6.92 Å². The molecular weight excluding hydrogens is 455 g/mol. The fourth-order valence-corrected chi connectivity index (χ4v) is 4.98. The Hall–Kier alpha value is -2.61. The molecule has 0 unspecified atom stereocenters. The number of methoxy groups -OCH3 is 1. The molecule has 0 bridgehead atoms. The Bertz CT molecular complexity index is 1220. The van der Waals surface area contributed by atoms with Crippen LogP contribution in [0.25, 0.3) is 10.2 Å². The van der Waals surface area contributed by atoms with Gasteiger partial charge in [-0.25, -0.2) is 9.97 Å². The molecule has 6 nitrogen and oxygen atoms in total. The number of halogens is 2. The summed E-state index contributed by atoms with van der Waals surface area (Å²) in [5.41, 5.74) is 2.21. The van der Waals surface area contributed by atoms with Gasteiger partial charge >= 0.3 is 0 Å². The van der Waals surface area contributed by atoms with Gasteiger partial charge < -0.3 is 9.30 Å². The van der Waals surface area contributed by atoms with E-state index in [4.69, 9.17) is 32.9 Å². The van der Waals surface area contributed by atoms with Crippen LogP contribution in [0.2, 0.25) is 10.0 Å². The number of carbonyl (C=O) groups excluding carboxylic acids is 1. The number of ether oxygens (including phenoxy) is 1. The number of imidazole rings is 1. The maximum atomic E-state index is 13.6. The van der Waals surface area contributed by atoms with Gasteiger partial charge in [0.05, 0.1) is 29.2 Å². The highest BCUT2D eigenvalue weighted by Gasteiger charge is 2.24. The SMILES string of the molecule is COc1ccc(Cl)cc1C(=O)N(CCCn1ccnc1)c1nc2c(C)cc(Cl)cc2s1. The Morgan fingerprint density at radius 1 is 1.23 bits per heavy atom. The minimum absolute atomic E-state index is 0.215. The van der Waals surface area contributed by atoms with E-state index in [0.29, 0.717) is 33.0 Å². The van der Waals surface area contributed by atoms with E-state index in [1.807, 2.05) is 29.8 Å². The lowest BCUT2D eigenvalue weighted by Gasteiger charge is -2.21. The van der Waals surface area contributed by atoms with Crippen molar-refractivity contribution in [2.75, 3.05) is 18.6 Å². The quantitative estimate of drug-likeness (QED) is 0.336. The van der Waals surface area contributed by atoms with Crippen molar-refractivity contribution in [3.05, 3.63) is 70.2 Å². The molecule has 4 aromatic rings. The van der Waals surface area contributed by atoms with Crippen LogP contribution in [0.1, 0.15) is 22.3 Å². The van der Waals surface area contributed by atoms with Gasteiger partial charge in [0.1, 0.15) is 5.75 Å². The number of rotatable bonds is 7. The molecule has 0 atom stereocenters. The number of aromatic nitrogens is 3. The monoisotopic (exact) mass is 474 g/mol. The largest absolute Gasteiger partial charge is 0.496 e. The van der Waals surface area contributed by atoms with Gasteiger partial charge in [0.15, 0.2) is 5.13 Å². The molecule has 2 aromatic heterocycles. The second-order valence-electron chi connectivity index (χ2n) is 7.02. The van der Waals surface area contributed by atoms with Crippen LogP contribution in [0.5, 0.6) is 5.75 Å². The number of anilines is 1. The third-order valence-electron chi connectivity index (χ3n) is 4.86. The zero-order chi connectivity index (χ0) is 22.0. The van der Waals surface area contributed by atoms with Crippen LogP contribution in [-0.4, -0.2) is 34.1 Å². The lowest BCUT2D eigenvalue weighted by molar-refractivity contribution is 0.0983. The lowest BCUT2D eigenvalue weighted by atomic mass is 10.1. The lowest BCUT2D eigenvalue weighted by Crippen LogP contribution is -2.32. The molecule has 0 fully saturated rings. The first-order chi connectivity index (χ1) is 15.0. The smallest absolute Gasteiger partial charge is 0.263 e. The zero-order valence-electron chi connectivity index (χ0n) is 17.0. The molecule has 31 heavy (non-hydrogen) atoms. The number of fused-ring (bicyclic) bond motifs is 1. The molecule has 2 aromatic carbocycles. The minimum Gasteiger partial charge on any atom is -0.496 e. The molecule has 1 amide bonds. The third kappa shape index (κ3) is 4.69. The first-order valence-electron chi connectivity index (χ1n) is 9.64. The summed E-state index contributed by atoms with van der Waals surface area (Å²) in [6.07, 6.45) is 6.12. The van der Waals surface area contributed by atoms with Gasteiger partial charge in [-0.15, -0.1) is 0 Å². The number of aryl methyl sites for hydroxylation is 2. The minimum atomic E-state index is -0.215. The van der Waals surface area contributed by atoms with Crippen molar-refractivity contribution in [2.45, 2.75) is 19.9 Å². The van der Waals surface area contributed by atoms with E-state index in [-0.39, 0.29) is 5.91 Å². The standard InChI is InChI=1S/C22H20Cl2N4O2S/c1-14-10-16(24)12-19-20(14)26-22(31-19)28(8-3-7-27-9-6-25-13-27)21(29)17-11-15(23)4-5-18(17)30-2/h4-6,9-13H,3,7-8H2,1-2H3. The van der Waals surface area contributed by atoms with Gasteiger partial charge in [0.2, 0.25) is 0 Å². The van der Waals surface area contributed by atoms with Crippen molar-refractivity contribution < 1.29 is 9.53 Å². The predicted molar refractivity (Wildman–Crippen MR) is 126 cm³/mol. The average Bonchev–Trinajstić information content (AvgIpc) is 3.40. The van der Waals surface area contributed by atoms with Crippen LogP contribution in [0.3, 0.4) is 0 Å². The van der Waals surface area contributed by atoms with E-state index in [1.54, 1.807) is 35.6 Å². The second-order valence-corrected chi connectivity index (χ2v) is 8.90. The van der Waals surface area contributed by atoms with E-state index in [0.717, 1.165) is 28.7 Å². The molecule has 9 heteroatoms. The highest BCUT2D eigenvalue weighted by atomic mass is 35.5. The summed E-state index contributed by atoms with van der Waals surface area (Å²) < 4.78 is 8.32. The Kier molecular flexibility index (Phi) is 6.46. The number of carbonyl (C=O) groups is 1. The molecule has 4 rings (SSSR count). The number of hydrogen-bond acceptors (Lipinski definition) is 5. The van der Waals surface area contributed by atoms with Crippen molar-refractivity contribution in [3.63, 3.8) is 0 Å². The van der Waals surface area contributed by atoms with Gasteiger partial charge in [0.25, 0.3) is 5.91 Å². The first kappa shape index (κ1) is 21.6. The number of hydrogen-bond donors (Lipinski definition) is 0. The fraction of sp³-hybridized carbons (Fsp3) is 0.227. The molecule has 0 saturated carbocycles. The van der Waals surface area contributed by atoms with Crippen molar-refractivity contribution in [1.82, 2.24) is 14.5 Å². The summed E-state index contributed by atoms with van der Waals surface area (Å²) >= 11 is 13.8. The maximum Gasteiger partial charge on any atom is 0.263 e. The second kappa shape index (κ2) is 9.26. The maximum absolute atomic E-state index is 13.6.